The average molecular weight is 468 g/mol. The molecule has 0 bridgehead atoms. The summed E-state index contributed by atoms with van der Waals surface area (Å²) in [7, 11) is 1.55. The van der Waals surface area contributed by atoms with E-state index in [0.717, 1.165) is 28.1 Å². The number of amides is 2. The van der Waals surface area contributed by atoms with E-state index in [0.29, 0.717) is 11.3 Å². The molecule has 8 heteroatoms. The van der Waals surface area contributed by atoms with Crippen LogP contribution in [0.3, 0.4) is 0 Å². The molecule has 1 aromatic heterocycles. The van der Waals surface area contributed by atoms with Crippen LogP contribution in [0.2, 0.25) is 0 Å². The number of aromatic nitrogens is 2. The van der Waals surface area contributed by atoms with Gasteiger partial charge in [-0.3, -0.25) is 9.59 Å². The van der Waals surface area contributed by atoms with E-state index < -0.39 is 5.91 Å². The van der Waals surface area contributed by atoms with Crippen molar-refractivity contribution >= 4 is 18.0 Å². The molecular formula is C27H25N5O3. The Labute approximate surface area is 203 Å². The zero-order valence-corrected chi connectivity index (χ0v) is 19.4. The quantitative estimate of drug-likeness (QED) is 0.305. The van der Waals surface area contributed by atoms with Crippen LogP contribution < -0.4 is 15.5 Å². The number of hydrogen-bond acceptors (Lipinski definition) is 5. The summed E-state index contributed by atoms with van der Waals surface area (Å²) in [6, 6.07) is 24.4. The first kappa shape index (κ1) is 23.4. The van der Waals surface area contributed by atoms with Gasteiger partial charge >= 0.3 is 0 Å². The molecule has 0 aliphatic rings. The number of nitrogens with one attached hydrogen (secondary N) is 2. The van der Waals surface area contributed by atoms with Crippen LogP contribution in [-0.4, -0.2) is 41.5 Å². The summed E-state index contributed by atoms with van der Waals surface area (Å²) in [5, 5.41) is 11.4. The van der Waals surface area contributed by atoms with Crippen molar-refractivity contribution in [3.63, 3.8) is 0 Å². The molecule has 0 fully saturated rings. The van der Waals surface area contributed by atoms with E-state index in [1.807, 2.05) is 67.7 Å². The van der Waals surface area contributed by atoms with Gasteiger partial charge in [0.05, 0.1) is 25.6 Å². The van der Waals surface area contributed by atoms with Gasteiger partial charge in [-0.25, -0.2) is 10.1 Å². The molecule has 0 atom stereocenters. The van der Waals surface area contributed by atoms with Gasteiger partial charge in [-0.1, -0.05) is 48.0 Å². The van der Waals surface area contributed by atoms with Crippen LogP contribution in [0.15, 0.2) is 90.2 Å². The number of para-hydroxylation sites is 1. The Bertz CT molecular complexity index is 1330. The molecule has 0 unspecified atom stereocenters. The van der Waals surface area contributed by atoms with Crippen LogP contribution in [-0.2, 0) is 4.79 Å². The molecule has 4 rings (SSSR count). The van der Waals surface area contributed by atoms with E-state index in [2.05, 4.69) is 15.8 Å². The molecule has 0 radical (unpaired) electrons. The molecule has 0 aliphatic carbocycles. The Morgan fingerprint density at radius 2 is 1.71 bits per heavy atom. The van der Waals surface area contributed by atoms with Crippen molar-refractivity contribution in [2.75, 3.05) is 13.7 Å². The summed E-state index contributed by atoms with van der Waals surface area (Å²) < 4.78 is 6.85. The van der Waals surface area contributed by atoms with Crippen LogP contribution in [0.5, 0.6) is 5.75 Å². The van der Waals surface area contributed by atoms with Crippen molar-refractivity contribution in [3.05, 3.63) is 102 Å². The highest BCUT2D eigenvalue weighted by Gasteiger charge is 2.12. The average Bonchev–Trinajstić information content (AvgIpc) is 3.32. The molecular weight excluding hydrogens is 442 g/mol. The van der Waals surface area contributed by atoms with Crippen LogP contribution in [0.4, 0.5) is 0 Å². The standard InChI is InChI=1S/C27H25N5O3/c1-19-8-10-20(11-9-19)26-22(18-32(31-26)23-6-4-3-5-7-23)16-29-30-25(33)17-28-27(34)21-12-14-24(35-2)15-13-21/h3-16,18H,17H2,1-2H3,(H,28,34)(H,30,33)/b29-16-. The first-order valence-electron chi connectivity index (χ1n) is 11.0. The number of carbonyl (C=O) groups excluding carboxylic acids is 2. The van der Waals surface area contributed by atoms with Crippen LogP contribution in [0.25, 0.3) is 16.9 Å². The molecule has 1 heterocycles. The minimum Gasteiger partial charge on any atom is -0.497 e. The van der Waals surface area contributed by atoms with Crippen molar-refractivity contribution in [2.45, 2.75) is 6.92 Å². The second kappa shape index (κ2) is 10.9. The first-order valence-corrected chi connectivity index (χ1v) is 11.0. The topological polar surface area (TPSA) is 97.6 Å². The maximum atomic E-state index is 12.2. The van der Waals surface area contributed by atoms with Crippen LogP contribution >= 0.6 is 0 Å². The first-order chi connectivity index (χ1) is 17.0. The number of carbonyl (C=O) groups is 2. The molecule has 4 aromatic rings. The highest BCUT2D eigenvalue weighted by Crippen LogP contribution is 2.23. The summed E-state index contributed by atoms with van der Waals surface area (Å²) in [5.41, 5.74) is 7.34. The lowest BCUT2D eigenvalue weighted by atomic mass is 10.1. The SMILES string of the molecule is COc1ccc(C(=O)NCC(=O)N/N=C\c2cn(-c3ccccc3)nc2-c2ccc(C)cc2)cc1. The summed E-state index contributed by atoms with van der Waals surface area (Å²) in [4.78, 5) is 24.4. The largest absolute Gasteiger partial charge is 0.497 e. The van der Waals surface area contributed by atoms with Gasteiger partial charge in [-0.15, -0.1) is 0 Å². The lowest BCUT2D eigenvalue weighted by molar-refractivity contribution is -0.120. The number of aryl methyl sites for hydroxylation is 1. The number of methoxy groups -OCH3 is 1. The Morgan fingerprint density at radius 3 is 2.40 bits per heavy atom. The normalized spacial score (nSPS) is 10.8. The smallest absolute Gasteiger partial charge is 0.259 e. The third-order valence-corrected chi connectivity index (χ3v) is 5.24. The van der Waals surface area contributed by atoms with Gasteiger partial charge in [0.15, 0.2) is 0 Å². The van der Waals surface area contributed by atoms with E-state index >= 15 is 0 Å². The Balaban J connectivity index is 1.43. The fraction of sp³-hybridized carbons (Fsp3) is 0.111. The maximum Gasteiger partial charge on any atom is 0.259 e. The van der Waals surface area contributed by atoms with Crippen molar-refractivity contribution in [1.29, 1.82) is 0 Å². The lowest BCUT2D eigenvalue weighted by Crippen LogP contribution is -2.34. The minimum atomic E-state index is -0.449. The predicted octanol–water partition coefficient (Wildman–Crippen LogP) is 3.74. The monoisotopic (exact) mass is 467 g/mol. The summed E-state index contributed by atoms with van der Waals surface area (Å²) in [6.45, 7) is 1.81. The van der Waals surface area contributed by atoms with Crippen molar-refractivity contribution in [2.24, 2.45) is 5.10 Å². The fourth-order valence-electron chi connectivity index (χ4n) is 3.35. The third-order valence-electron chi connectivity index (χ3n) is 5.24. The number of nitrogens with zero attached hydrogens (tertiary/aromatic N) is 3. The maximum absolute atomic E-state index is 12.2. The highest BCUT2D eigenvalue weighted by atomic mass is 16.5. The van der Waals surface area contributed by atoms with E-state index in [4.69, 9.17) is 9.84 Å². The number of benzene rings is 3. The molecule has 3 aromatic carbocycles. The summed E-state index contributed by atoms with van der Waals surface area (Å²) >= 11 is 0. The number of rotatable bonds is 8. The number of ether oxygens (including phenoxy) is 1. The van der Waals surface area contributed by atoms with Gasteiger partial charge in [0.25, 0.3) is 11.8 Å². The third kappa shape index (κ3) is 6.00. The van der Waals surface area contributed by atoms with Gasteiger partial charge in [-0.2, -0.15) is 10.2 Å². The molecule has 2 amide bonds. The lowest BCUT2D eigenvalue weighted by Gasteiger charge is -2.05. The van der Waals surface area contributed by atoms with E-state index in [-0.39, 0.29) is 12.5 Å². The van der Waals surface area contributed by atoms with Gasteiger partial charge in [0, 0.05) is 22.9 Å². The molecule has 0 spiro atoms. The minimum absolute atomic E-state index is 0.212. The van der Waals surface area contributed by atoms with Crippen molar-refractivity contribution < 1.29 is 14.3 Å². The van der Waals surface area contributed by atoms with Crippen molar-refractivity contribution in [1.82, 2.24) is 20.5 Å². The van der Waals surface area contributed by atoms with E-state index in [9.17, 15) is 9.59 Å². The molecule has 35 heavy (non-hydrogen) atoms. The van der Waals surface area contributed by atoms with Gasteiger partial charge in [0.1, 0.15) is 11.4 Å². The Kier molecular flexibility index (Phi) is 7.32. The Hall–Kier alpha value is -4.72. The highest BCUT2D eigenvalue weighted by molar-refractivity contribution is 5.96. The predicted molar refractivity (Wildman–Crippen MR) is 135 cm³/mol. The second-order valence-corrected chi connectivity index (χ2v) is 7.78. The number of hydrazone groups is 1. The Morgan fingerprint density at radius 1 is 1.00 bits per heavy atom. The van der Waals surface area contributed by atoms with Gasteiger partial charge in [-0.05, 0) is 43.3 Å². The molecule has 0 aliphatic heterocycles. The van der Waals surface area contributed by atoms with E-state index in [1.54, 1.807) is 42.3 Å². The fourth-order valence-corrected chi connectivity index (χ4v) is 3.35. The molecule has 0 saturated heterocycles. The summed E-state index contributed by atoms with van der Waals surface area (Å²) in [5.74, 6) is -0.165. The number of hydrogen-bond donors (Lipinski definition) is 2. The summed E-state index contributed by atoms with van der Waals surface area (Å²) in [6.07, 6.45) is 3.40. The van der Waals surface area contributed by atoms with Gasteiger partial charge < -0.3 is 10.1 Å². The zero-order valence-electron chi connectivity index (χ0n) is 19.4. The molecule has 8 nitrogen and oxygen atoms in total. The molecule has 176 valence electrons. The van der Waals surface area contributed by atoms with E-state index in [1.165, 1.54) is 0 Å². The molecule has 0 saturated carbocycles. The van der Waals surface area contributed by atoms with Crippen LogP contribution in [0.1, 0.15) is 21.5 Å². The van der Waals surface area contributed by atoms with Gasteiger partial charge in [0.2, 0.25) is 0 Å². The molecule has 2 N–H and O–H groups in total. The van der Waals surface area contributed by atoms with Crippen molar-refractivity contribution in [3.8, 4) is 22.7 Å². The zero-order chi connectivity index (χ0) is 24.6. The second-order valence-electron chi connectivity index (χ2n) is 7.78. The van der Waals surface area contributed by atoms with Crippen LogP contribution in [0, 0.1) is 6.92 Å².